The van der Waals surface area contributed by atoms with Gasteiger partial charge < -0.3 is 10.2 Å². The molecule has 2 aromatic carbocycles. The number of sulfone groups is 1. The molecule has 1 fully saturated rings. The number of anilines is 1. The molecule has 0 saturated carbocycles. The molecule has 7 heteroatoms. The summed E-state index contributed by atoms with van der Waals surface area (Å²) in [5.41, 5.74) is 2.68. The second-order valence-electron chi connectivity index (χ2n) is 7.22. The molecule has 3 rings (SSSR count). The van der Waals surface area contributed by atoms with Crippen LogP contribution < -0.4 is 5.32 Å². The Morgan fingerprint density at radius 3 is 2.43 bits per heavy atom. The van der Waals surface area contributed by atoms with Crippen molar-refractivity contribution in [1.82, 2.24) is 4.90 Å². The minimum absolute atomic E-state index is 0.0725. The van der Waals surface area contributed by atoms with Crippen LogP contribution in [0.2, 0.25) is 0 Å². The van der Waals surface area contributed by atoms with E-state index in [0.29, 0.717) is 22.4 Å². The van der Waals surface area contributed by atoms with E-state index in [-0.39, 0.29) is 17.6 Å². The first-order chi connectivity index (χ1) is 13.2. The maximum absolute atomic E-state index is 12.9. The molecule has 0 aromatic heterocycles. The number of amides is 2. The van der Waals surface area contributed by atoms with Crippen molar-refractivity contribution in [2.75, 3.05) is 24.7 Å². The number of aryl methyl sites for hydroxylation is 1. The van der Waals surface area contributed by atoms with Crippen molar-refractivity contribution in [3.63, 3.8) is 0 Å². The van der Waals surface area contributed by atoms with Crippen molar-refractivity contribution < 1.29 is 18.0 Å². The monoisotopic (exact) mass is 400 g/mol. The Balaban J connectivity index is 1.86. The first-order valence-corrected chi connectivity index (χ1v) is 11.3. The third-order valence-electron chi connectivity index (χ3n) is 4.75. The Morgan fingerprint density at radius 1 is 1.07 bits per heavy atom. The van der Waals surface area contributed by atoms with Gasteiger partial charge in [-0.15, -0.1) is 0 Å². The third kappa shape index (κ3) is 4.78. The highest BCUT2D eigenvalue weighted by molar-refractivity contribution is 7.89. The van der Waals surface area contributed by atoms with Crippen molar-refractivity contribution in [3.8, 4) is 0 Å². The van der Waals surface area contributed by atoms with Gasteiger partial charge in [0.05, 0.1) is 17.0 Å². The zero-order chi connectivity index (χ0) is 20.3. The highest BCUT2D eigenvalue weighted by atomic mass is 32.2. The number of nitrogens with one attached hydrogen (secondary N) is 1. The number of hydrogen-bond donors (Lipinski definition) is 1. The van der Waals surface area contributed by atoms with Gasteiger partial charge in [-0.25, -0.2) is 8.42 Å². The molecule has 1 aliphatic rings. The van der Waals surface area contributed by atoms with Gasteiger partial charge in [0, 0.05) is 24.9 Å². The molecule has 0 spiro atoms. The predicted octanol–water partition coefficient (Wildman–Crippen LogP) is 3.03. The summed E-state index contributed by atoms with van der Waals surface area (Å²) in [6, 6.07) is 11.9. The zero-order valence-corrected chi connectivity index (χ0v) is 16.9. The Morgan fingerprint density at radius 2 is 1.75 bits per heavy atom. The quantitative estimate of drug-likeness (QED) is 0.836. The standard InChI is InChI=1S/C21H24N2O4S/c1-15-7-5-10-18(19(15)21(25)23-11-3-4-12-23)22-20(24)17-9-6-8-16(13-17)14-28(2,26)27/h5-10,13H,3-4,11-12,14H2,1-2H3,(H,22,24). The van der Waals surface area contributed by atoms with Gasteiger partial charge in [0.25, 0.3) is 11.8 Å². The van der Waals surface area contributed by atoms with Crippen LogP contribution in [0.25, 0.3) is 0 Å². The van der Waals surface area contributed by atoms with E-state index in [4.69, 9.17) is 0 Å². The lowest BCUT2D eigenvalue weighted by Gasteiger charge is -2.19. The van der Waals surface area contributed by atoms with Gasteiger partial charge in [0.1, 0.15) is 0 Å². The van der Waals surface area contributed by atoms with Gasteiger partial charge in [-0.1, -0.05) is 24.3 Å². The molecule has 1 aliphatic heterocycles. The number of carbonyl (C=O) groups excluding carboxylic acids is 2. The third-order valence-corrected chi connectivity index (χ3v) is 5.60. The topological polar surface area (TPSA) is 83.5 Å². The fourth-order valence-corrected chi connectivity index (χ4v) is 4.22. The average Bonchev–Trinajstić information content (AvgIpc) is 3.15. The second-order valence-corrected chi connectivity index (χ2v) is 9.36. The Kier molecular flexibility index (Phi) is 5.84. The molecule has 1 saturated heterocycles. The van der Waals surface area contributed by atoms with E-state index in [1.54, 1.807) is 36.4 Å². The van der Waals surface area contributed by atoms with Crippen molar-refractivity contribution in [2.24, 2.45) is 0 Å². The van der Waals surface area contributed by atoms with Crippen LogP contribution in [0.1, 0.15) is 44.7 Å². The second kappa shape index (κ2) is 8.14. The molecule has 1 N–H and O–H groups in total. The summed E-state index contributed by atoms with van der Waals surface area (Å²) in [6.45, 7) is 3.31. The van der Waals surface area contributed by atoms with Crippen LogP contribution in [0.15, 0.2) is 42.5 Å². The number of benzene rings is 2. The highest BCUT2D eigenvalue weighted by Gasteiger charge is 2.24. The zero-order valence-electron chi connectivity index (χ0n) is 16.1. The van der Waals surface area contributed by atoms with Crippen molar-refractivity contribution in [1.29, 1.82) is 0 Å². The number of rotatable bonds is 5. The lowest BCUT2D eigenvalue weighted by atomic mass is 10.0. The summed E-state index contributed by atoms with van der Waals surface area (Å²) in [7, 11) is -3.19. The highest BCUT2D eigenvalue weighted by Crippen LogP contribution is 2.24. The summed E-state index contributed by atoms with van der Waals surface area (Å²) >= 11 is 0. The molecule has 0 bridgehead atoms. The molecule has 2 aromatic rings. The first kappa shape index (κ1) is 20.1. The van der Waals surface area contributed by atoms with Gasteiger partial charge in [-0.3, -0.25) is 9.59 Å². The number of carbonyl (C=O) groups is 2. The van der Waals surface area contributed by atoms with Crippen LogP contribution in [0.3, 0.4) is 0 Å². The Hall–Kier alpha value is -2.67. The molecular weight excluding hydrogens is 376 g/mol. The number of likely N-dealkylation sites (tertiary alicyclic amines) is 1. The minimum atomic E-state index is -3.19. The van der Waals surface area contributed by atoms with E-state index < -0.39 is 9.84 Å². The van der Waals surface area contributed by atoms with Crippen molar-refractivity contribution >= 4 is 27.3 Å². The summed E-state index contributed by atoms with van der Waals surface area (Å²) in [5, 5.41) is 2.83. The fraction of sp³-hybridized carbons (Fsp3) is 0.333. The minimum Gasteiger partial charge on any atom is -0.339 e. The normalized spacial score (nSPS) is 14.1. The Labute approximate surface area is 165 Å². The van der Waals surface area contributed by atoms with Crippen LogP contribution in [0, 0.1) is 6.92 Å². The van der Waals surface area contributed by atoms with Gasteiger partial charge in [0.2, 0.25) is 0 Å². The first-order valence-electron chi connectivity index (χ1n) is 9.21. The molecule has 0 unspecified atom stereocenters. The molecule has 148 valence electrons. The van der Waals surface area contributed by atoms with Crippen LogP contribution in [-0.2, 0) is 15.6 Å². The molecule has 6 nitrogen and oxygen atoms in total. The van der Waals surface area contributed by atoms with Crippen molar-refractivity contribution in [2.45, 2.75) is 25.5 Å². The van der Waals surface area contributed by atoms with Crippen LogP contribution in [0.4, 0.5) is 5.69 Å². The van der Waals surface area contributed by atoms with Crippen molar-refractivity contribution in [3.05, 3.63) is 64.7 Å². The summed E-state index contributed by atoms with van der Waals surface area (Å²) in [6.07, 6.45) is 3.14. The summed E-state index contributed by atoms with van der Waals surface area (Å²) in [4.78, 5) is 27.5. The lowest BCUT2D eigenvalue weighted by molar-refractivity contribution is 0.0793. The maximum Gasteiger partial charge on any atom is 0.256 e. The predicted molar refractivity (Wildman–Crippen MR) is 109 cm³/mol. The van der Waals surface area contributed by atoms with Gasteiger partial charge in [-0.2, -0.15) is 0 Å². The molecular formula is C21H24N2O4S. The van der Waals surface area contributed by atoms with Gasteiger partial charge in [0.15, 0.2) is 9.84 Å². The van der Waals surface area contributed by atoms with Crippen LogP contribution in [0.5, 0.6) is 0 Å². The SMILES string of the molecule is Cc1cccc(NC(=O)c2cccc(CS(C)(=O)=O)c2)c1C(=O)N1CCCC1. The Bertz CT molecular complexity index is 1010. The average molecular weight is 401 g/mol. The molecule has 1 heterocycles. The number of hydrogen-bond acceptors (Lipinski definition) is 4. The van der Waals surface area contributed by atoms with Gasteiger partial charge in [-0.05, 0) is 49.1 Å². The van der Waals surface area contributed by atoms with E-state index in [1.807, 2.05) is 17.9 Å². The van der Waals surface area contributed by atoms with Gasteiger partial charge >= 0.3 is 0 Å². The summed E-state index contributed by atoms with van der Waals surface area (Å²) in [5.74, 6) is -0.579. The van der Waals surface area contributed by atoms with E-state index in [2.05, 4.69) is 5.32 Å². The molecule has 0 atom stereocenters. The smallest absolute Gasteiger partial charge is 0.256 e. The lowest BCUT2D eigenvalue weighted by Crippen LogP contribution is -2.29. The van der Waals surface area contributed by atoms with Crippen LogP contribution in [-0.4, -0.2) is 44.5 Å². The van der Waals surface area contributed by atoms with E-state index in [9.17, 15) is 18.0 Å². The van der Waals surface area contributed by atoms with E-state index >= 15 is 0 Å². The van der Waals surface area contributed by atoms with Crippen LogP contribution >= 0.6 is 0 Å². The largest absolute Gasteiger partial charge is 0.339 e. The maximum atomic E-state index is 12.9. The molecule has 28 heavy (non-hydrogen) atoms. The molecule has 0 aliphatic carbocycles. The molecule has 0 radical (unpaired) electrons. The number of nitrogens with zero attached hydrogens (tertiary/aromatic N) is 1. The molecule has 2 amide bonds. The van der Waals surface area contributed by atoms with E-state index in [1.165, 1.54) is 0 Å². The van der Waals surface area contributed by atoms with E-state index in [0.717, 1.165) is 37.8 Å². The summed E-state index contributed by atoms with van der Waals surface area (Å²) < 4.78 is 23.0. The fourth-order valence-electron chi connectivity index (χ4n) is 3.43.